The number of carbonyl (C=O) groups is 3. The lowest BCUT2D eigenvalue weighted by Gasteiger charge is -2.33. The van der Waals surface area contributed by atoms with Crippen LogP contribution in [0.3, 0.4) is 0 Å². The molecule has 0 spiro atoms. The summed E-state index contributed by atoms with van der Waals surface area (Å²) in [5, 5.41) is 5.31. The van der Waals surface area contributed by atoms with E-state index in [1.807, 2.05) is 13.8 Å². The summed E-state index contributed by atoms with van der Waals surface area (Å²) in [4.78, 5) is 46.7. The number of rotatable bonds is 6. The summed E-state index contributed by atoms with van der Waals surface area (Å²) in [6.07, 6.45) is 0. The number of piperazine rings is 1. The van der Waals surface area contributed by atoms with E-state index in [-0.39, 0.29) is 23.9 Å². The molecule has 1 saturated heterocycles. The van der Waals surface area contributed by atoms with Crippen LogP contribution >= 0.6 is 11.3 Å². The van der Waals surface area contributed by atoms with Crippen molar-refractivity contribution >= 4 is 34.9 Å². The maximum absolute atomic E-state index is 12.8. The molecule has 0 aliphatic carbocycles. The number of nitrogens with one attached hydrogen (secondary N) is 1. The van der Waals surface area contributed by atoms with Crippen molar-refractivity contribution in [2.45, 2.75) is 33.4 Å². The molecule has 0 bridgehead atoms. The summed E-state index contributed by atoms with van der Waals surface area (Å²) in [5.74, 6) is 0.593. The van der Waals surface area contributed by atoms with E-state index in [2.05, 4.69) is 10.3 Å². The molecular weight excluding hydrogens is 430 g/mol. The fourth-order valence-electron chi connectivity index (χ4n) is 3.37. The van der Waals surface area contributed by atoms with Gasteiger partial charge in [0.25, 0.3) is 5.91 Å². The molecule has 10 heteroatoms. The smallest absolute Gasteiger partial charge is 0.322 e. The molecule has 2 heterocycles. The van der Waals surface area contributed by atoms with Crippen LogP contribution in [-0.2, 0) is 11.3 Å². The number of aromatic nitrogens is 1. The lowest BCUT2D eigenvalue weighted by Crippen LogP contribution is -2.50. The van der Waals surface area contributed by atoms with Gasteiger partial charge in [0.2, 0.25) is 5.91 Å². The minimum absolute atomic E-state index is 0.0229. The number of carbonyl (C=O) groups excluding carboxylic acids is 3. The quantitative estimate of drug-likeness (QED) is 0.717. The van der Waals surface area contributed by atoms with Gasteiger partial charge in [-0.1, -0.05) is 0 Å². The highest BCUT2D eigenvalue weighted by molar-refractivity contribution is 7.09. The average molecular weight is 460 g/mol. The number of hydrogen-bond acceptors (Lipinski definition) is 6. The summed E-state index contributed by atoms with van der Waals surface area (Å²) in [6, 6.07) is 6.82. The molecule has 1 aliphatic heterocycles. The van der Waals surface area contributed by atoms with Crippen molar-refractivity contribution in [1.82, 2.24) is 19.7 Å². The van der Waals surface area contributed by atoms with E-state index in [0.29, 0.717) is 54.9 Å². The van der Waals surface area contributed by atoms with Gasteiger partial charge >= 0.3 is 6.03 Å². The van der Waals surface area contributed by atoms with Crippen molar-refractivity contribution in [2.24, 2.45) is 0 Å². The maximum atomic E-state index is 12.8. The minimum Gasteiger partial charge on any atom is -0.497 e. The predicted octanol–water partition coefficient (Wildman–Crippen LogP) is 2.90. The third-order valence-corrected chi connectivity index (χ3v) is 6.15. The van der Waals surface area contributed by atoms with Gasteiger partial charge in [-0.3, -0.25) is 9.59 Å². The fraction of sp³-hybridized carbons (Fsp3) is 0.455. The number of nitrogens with zero attached hydrogens (tertiary/aromatic N) is 4. The van der Waals surface area contributed by atoms with Gasteiger partial charge in [-0.25, -0.2) is 9.78 Å². The number of anilines is 1. The first-order valence-electron chi connectivity index (χ1n) is 10.5. The Labute approximate surface area is 192 Å². The zero-order valence-electron chi connectivity index (χ0n) is 18.8. The van der Waals surface area contributed by atoms with Crippen LogP contribution in [0.1, 0.15) is 36.3 Å². The van der Waals surface area contributed by atoms with Crippen LogP contribution in [0.25, 0.3) is 0 Å². The third-order valence-electron chi connectivity index (χ3n) is 5.31. The number of benzene rings is 1. The van der Waals surface area contributed by atoms with Crippen LogP contribution in [0.4, 0.5) is 10.5 Å². The average Bonchev–Trinajstić information content (AvgIpc) is 3.26. The Hall–Kier alpha value is -3.14. The molecule has 0 atom stereocenters. The SMILES string of the molecule is COc1ccc(NC(=O)N(Cc2nc(C(=O)N3CCN(C(C)=O)CC3)cs2)C(C)C)cc1. The summed E-state index contributed by atoms with van der Waals surface area (Å²) in [5.41, 5.74) is 1.04. The Morgan fingerprint density at radius 1 is 1.12 bits per heavy atom. The van der Waals surface area contributed by atoms with E-state index in [4.69, 9.17) is 4.74 Å². The van der Waals surface area contributed by atoms with E-state index >= 15 is 0 Å². The van der Waals surface area contributed by atoms with Crippen molar-refractivity contribution in [3.8, 4) is 5.75 Å². The van der Waals surface area contributed by atoms with Crippen LogP contribution in [-0.4, -0.2) is 76.9 Å². The maximum Gasteiger partial charge on any atom is 0.322 e. The molecular formula is C22H29N5O4S. The molecule has 0 unspecified atom stereocenters. The molecule has 1 aromatic heterocycles. The molecule has 32 heavy (non-hydrogen) atoms. The molecule has 1 aliphatic rings. The molecule has 172 valence electrons. The monoisotopic (exact) mass is 459 g/mol. The molecule has 0 radical (unpaired) electrons. The van der Waals surface area contributed by atoms with Gasteiger partial charge in [0.1, 0.15) is 16.5 Å². The molecule has 1 N–H and O–H groups in total. The topological polar surface area (TPSA) is 95.1 Å². The first-order valence-corrected chi connectivity index (χ1v) is 11.4. The Morgan fingerprint density at radius 3 is 2.31 bits per heavy atom. The van der Waals surface area contributed by atoms with E-state index in [0.717, 1.165) is 0 Å². The van der Waals surface area contributed by atoms with Gasteiger partial charge in [0.05, 0.1) is 13.7 Å². The lowest BCUT2D eigenvalue weighted by molar-refractivity contribution is -0.130. The molecule has 9 nitrogen and oxygen atoms in total. The van der Waals surface area contributed by atoms with Gasteiger partial charge in [0.15, 0.2) is 0 Å². The first-order chi connectivity index (χ1) is 15.3. The van der Waals surface area contributed by atoms with E-state index < -0.39 is 0 Å². The number of methoxy groups -OCH3 is 1. The predicted molar refractivity (Wildman–Crippen MR) is 123 cm³/mol. The summed E-state index contributed by atoms with van der Waals surface area (Å²) in [7, 11) is 1.59. The van der Waals surface area contributed by atoms with Crippen molar-refractivity contribution in [2.75, 3.05) is 38.6 Å². The Morgan fingerprint density at radius 2 is 1.75 bits per heavy atom. The largest absolute Gasteiger partial charge is 0.497 e. The van der Waals surface area contributed by atoms with Crippen LogP contribution < -0.4 is 10.1 Å². The van der Waals surface area contributed by atoms with Gasteiger partial charge < -0.3 is 24.8 Å². The second-order valence-electron chi connectivity index (χ2n) is 7.81. The molecule has 2 aromatic rings. The van der Waals surface area contributed by atoms with E-state index in [1.165, 1.54) is 18.3 Å². The van der Waals surface area contributed by atoms with Crippen LogP contribution in [0, 0.1) is 0 Å². The number of ether oxygens (including phenoxy) is 1. The van der Waals surface area contributed by atoms with E-state index in [1.54, 1.807) is 51.5 Å². The second-order valence-corrected chi connectivity index (χ2v) is 8.75. The minimum atomic E-state index is -0.242. The summed E-state index contributed by atoms with van der Waals surface area (Å²) >= 11 is 1.36. The number of thiazole rings is 1. The zero-order valence-corrected chi connectivity index (χ0v) is 19.6. The van der Waals surface area contributed by atoms with Crippen molar-refractivity contribution in [1.29, 1.82) is 0 Å². The van der Waals surface area contributed by atoms with Crippen LogP contribution in [0.15, 0.2) is 29.6 Å². The Bertz CT molecular complexity index is 951. The fourth-order valence-corrected chi connectivity index (χ4v) is 4.14. The normalized spacial score (nSPS) is 13.8. The zero-order chi connectivity index (χ0) is 23.3. The van der Waals surface area contributed by atoms with Crippen molar-refractivity contribution in [3.63, 3.8) is 0 Å². The van der Waals surface area contributed by atoms with Gasteiger partial charge in [-0.15, -0.1) is 11.3 Å². The van der Waals surface area contributed by atoms with Gasteiger partial charge in [0, 0.05) is 50.2 Å². The van der Waals surface area contributed by atoms with Gasteiger partial charge in [-0.05, 0) is 38.1 Å². The number of urea groups is 1. The number of amides is 4. The van der Waals surface area contributed by atoms with Crippen LogP contribution in [0.2, 0.25) is 0 Å². The summed E-state index contributed by atoms with van der Waals surface area (Å²) in [6.45, 7) is 7.76. The van der Waals surface area contributed by atoms with Gasteiger partial charge in [-0.2, -0.15) is 0 Å². The van der Waals surface area contributed by atoms with E-state index in [9.17, 15) is 14.4 Å². The second kappa shape index (κ2) is 10.4. The highest BCUT2D eigenvalue weighted by Gasteiger charge is 2.26. The first kappa shape index (κ1) is 23.5. The Kier molecular flexibility index (Phi) is 7.68. The van der Waals surface area contributed by atoms with Crippen molar-refractivity contribution < 1.29 is 19.1 Å². The molecule has 4 amide bonds. The molecule has 3 rings (SSSR count). The van der Waals surface area contributed by atoms with Crippen LogP contribution in [0.5, 0.6) is 5.75 Å². The number of hydrogen-bond donors (Lipinski definition) is 1. The Balaban J connectivity index is 1.61. The summed E-state index contributed by atoms with van der Waals surface area (Å²) < 4.78 is 5.14. The molecule has 0 saturated carbocycles. The molecule has 1 aromatic carbocycles. The highest BCUT2D eigenvalue weighted by Crippen LogP contribution is 2.19. The van der Waals surface area contributed by atoms with Crippen molar-refractivity contribution in [3.05, 3.63) is 40.3 Å². The third kappa shape index (κ3) is 5.76. The molecule has 1 fully saturated rings. The standard InChI is InChI=1S/C22H29N5O4S/c1-15(2)27(22(30)23-17-5-7-18(31-4)8-6-17)13-20-24-19(14-32-20)21(29)26-11-9-25(10-12-26)16(3)28/h5-8,14-15H,9-13H2,1-4H3,(H,23,30). The lowest BCUT2D eigenvalue weighted by atomic mass is 10.3. The highest BCUT2D eigenvalue weighted by atomic mass is 32.1.